The molecule has 1 rings (SSSR count). The number of aliphatic carboxylic acids is 1. The zero-order chi connectivity index (χ0) is 13.4. The molecule has 100 valence electrons. The average Bonchev–Trinajstić information content (AvgIpc) is 2.36. The van der Waals surface area contributed by atoms with Gasteiger partial charge in [0.2, 0.25) is 0 Å². The van der Waals surface area contributed by atoms with Gasteiger partial charge >= 0.3 is 5.97 Å². The van der Waals surface area contributed by atoms with Gasteiger partial charge in [-0.3, -0.25) is 4.79 Å². The molecule has 0 aliphatic carbocycles. The van der Waals surface area contributed by atoms with Crippen molar-refractivity contribution < 1.29 is 9.90 Å². The Balaban J connectivity index is 2.34. The van der Waals surface area contributed by atoms with Gasteiger partial charge in [-0.05, 0) is 38.1 Å². The Morgan fingerprint density at radius 2 is 2.39 bits per heavy atom. The van der Waals surface area contributed by atoms with Gasteiger partial charge in [-0.15, -0.1) is 11.8 Å². The summed E-state index contributed by atoms with van der Waals surface area (Å²) in [6.07, 6.45) is 4.65. The minimum absolute atomic E-state index is 0.605. The van der Waals surface area contributed by atoms with Crippen molar-refractivity contribution in [1.29, 1.82) is 0 Å². The molecule has 0 fully saturated rings. The summed E-state index contributed by atoms with van der Waals surface area (Å²) in [5.74, 6) is 0.0574. The van der Waals surface area contributed by atoms with E-state index in [1.54, 1.807) is 24.9 Å². The zero-order valence-corrected chi connectivity index (χ0v) is 11.5. The molecule has 0 radical (unpaired) electrons. The van der Waals surface area contributed by atoms with Gasteiger partial charge in [-0.25, -0.2) is 9.97 Å². The third-order valence-electron chi connectivity index (χ3n) is 2.66. The number of likely N-dealkylation sites (N-methyl/N-ethyl adjacent to an activating group) is 1. The number of aromatic nitrogens is 2. The number of nitrogens with zero attached hydrogens (tertiary/aromatic N) is 2. The lowest BCUT2D eigenvalue weighted by Crippen LogP contribution is -2.49. The van der Waals surface area contributed by atoms with Crippen LogP contribution in [0.25, 0.3) is 0 Å². The van der Waals surface area contributed by atoms with E-state index in [0.717, 1.165) is 17.2 Å². The molecule has 0 saturated heterocycles. The van der Waals surface area contributed by atoms with E-state index in [4.69, 9.17) is 0 Å². The lowest BCUT2D eigenvalue weighted by Gasteiger charge is -2.25. The van der Waals surface area contributed by atoms with Crippen molar-refractivity contribution in [2.24, 2.45) is 0 Å². The first-order chi connectivity index (χ1) is 8.58. The van der Waals surface area contributed by atoms with Crippen LogP contribution in [0, 0.1) is 0 Å². The third-order valence-corrected chi connectivity index (χ3v) is 3.69. The topological polar surface area (TPSA) is 75.1 Å². The fourth-order valence-electron chi connectivity index (χ4n) is 1.63. The van der Waals surface area contributed by atoms with Gasteiger partial charge in [0, 0.05) is 6.20 Å². The van der Waals surface area contributed by atoms with E-state index in [1.807, 2.05) is 13.0 Å². The van der Waals surface area contributed by atoms with Crippen LogP contribution in [0.2, 0.25) is 0 Å². The lowest BCUT2D eigenvalue weighted by molar-refractivity contribution is -0.144. The minimum atomic E-state index is -0.832. The van der Waals surface area contributed by atoms with E-state index in [2.05, 4.69) is 15.3 Å². The Morgan fingerprint density at radius 3 is 2.94 bits per heavy atom. The summed E-state index contributed by atoms with van der Waals surface area (Å²) in [5, 5.41) is 13.1. The Bertz CT molecular complexity index is 375. The molecule has 1 unspecified atom stereocenters. The van der Waals surface area contributed by atoms with Crippen molar-refractivity contribution in [2.45, 2.75) is 37.3 Å². The van der Waals surface area contributed by atoms with Crippen LogP contribution in [0.4, 0.5) is 0 Å². The molecule has 0 saturated carbocycles. The molecule has 18 heavy (non-hydrogen) atoms. The fraction of sp³-hybridized carbons (Fsp3) is 0.583. The third kappa shape index (κ3) is 4.62. The Kier molecular flexibility index (Phi) is 6.07. The van der Waals surface area contributed by atoms with Crippen molar-refractivity contribution in [1.82, 2.24) is 15.3 Å². The Morgan fingerprint density at radius 1 is 1.61 bits per heavy atom. The molecule has 5 nitrogen and oxygen atoms in total. The predicted molar refractivity (Wildman–Crippen MR) is 71.7 cm³/mol. The molecular formula is C12H19N3O2S. The Labute approximate surface area is 111 Å². The molecule has 1 atom stereocenters. The van der Waals surface area contributed by atoms with Crippen LogP contribution in [0.15, 0.2) is 23.6 Å². The summed E-state index contributed by atoms with van der Waals surface area (Å²) in [7, 11) is 0. The van der Waals surface area contributed by atoms with E-state index >= 15 is 0 Å². The smallest absolute Gasteiger partial charge is 0.323 e. The first-order valence-electron chi connectivity index (χ1n) is 5.95. The van der Waals surface area contributed by atoms with Crippen molar-refractivity contribution in [3.8, 4) is 0 Å². The second-order valence-electron chi connectivity index (χ2n) is 4.17. The molecule has 0 spiro atoms. The highest BCUT2D eigenvalue weighted by molar-refractivity contribution is 7.99. The first kappa shape index (κ1) is 14.9. The fourth-order valence-corrected chi connectivity index (χ4v) is 2.40. The highest BCUT2D eigenvalue weighted by Crippen LogP contribution is 2.19. The van der Waals surface area contributed by atoms with Gasteiger partial charge < -0.3 is 10.4 Å². The average molecular weight is 269 g/mol. The summed E-state index contributed by atoms with van der Waals surface area (Å²) in [4.78, 5) is 19.1. The monoisotopic (exact) mass is 269 g/mol. The van der Waals surface area contributed by atoms with Crippen molar-refractivity contribution in [3.63, 3.8) is 0 Å². The molecule has 2 N–H and O–H groups in total. The molecular weight excluding hydrogens is 250 g/mol. The number of hydrogen-bond acceptors (Lipinski definition) is 5. The number of hydrogen-bond donors (Lipinski definition) is 2. The van der Waals surface area contributed by atoms with Crippen LogP contribution in [0.5, 0.6) is 0 Å². The van der Waals surface area contributed by atoms with E-state index in [-0.39, 0.29) is 0 Å². The minimum Gasteiger partial charge on any atom is -0.480 e. The Hall–Kier alpha value is -1.14. The number of carboxylic acid groups (broad SMARTS) is 1. The number of thioether (sulfide) groups is 1. The van der Waals surface area contributed by atoms with E-state index < -0.39 is 11.5 Å². The van der Waals surface area contributed by atoms with Crippen LogP contribution in [-0.4, -0.2) is 38.9 Å². The van der Waals surface area contributed by atoms with Crippen LogP contribution in [0.3, 0.4) is 0 Å². The molecule has 1 aromatic rings. The van der Waals surface area contributed by atoms with E-state index in [9.17, 15) is 9.90 Å². The van der Waals surface area contributed by atoms with Gasteiger partial charge in [0.05, 0.1) is 5.03 Å². The second-order valence-corrected chi connectivity index (χ2v) is 5.28. The maximum atomic E-state index is 11.2. The van der Waals surface area contributed by atoms with E-state index in [0.29, 0.717) is 13.0 Å². The molecule has 0 aromatic carbocycles. The SMILES string of the molecule is CCNC(C)(CCCSc1ccncn1)C(=O)O. The van der Waals surface area contributed by atoms with E-state index in [1.165, 1.54) is 6.33 Å². The number of nitrogens with one attached hydrogen (secondary N) is 1. The number of rotatable bonds is 8. The van der Waals surface area contributed by atoms with Gasteiger partial charge in [0.25, 0.3) is 0 Å². The standard InChI is InChI=1S/C12H19N3O2S/c1-3-15-12(2,11(16)17)6-4-8-18-10-5-7-13-9-14-10/h5,7,9,15H,3-4,6,8H2,1-2H3,(H,16,17). The van der Waals surface area contributed by atoms with Gasteiger partial charge in [0.1, 0.15) is 11.9 Å². The lowest BCUT2D eigenvalue weighted by atomic mass is 9.96. The predicted octanol–water partition coefficient (Wildman–Crippen LogP) is 1.80. The van der Waals surface area contributed by atoms with Crippen LogP contribution in [0.1, 0.15) is 26.7 Å². The molecule has 1 heterocycles. The second kappa shape index (κ2) is 7.33. The van der Waals surface area contributed by atoms with Crippen LogP contribution < -0.4 is 5.32 Å². The summed E-state index contributed by atoms with van der Waals surface area (Å²) >= 11 is 1.62. The first-order valence-corrected chi connectivity index (χ1v) is 6.94. The summed E-state index contributed by atoms with van der Waals surface area (Å²) in [6, 6.07) is 1.85. The molecule has 0 bridgehead atoms. The van der Waals surface area contributed by atoms with Crippen LogP contribution >= 0.6 is 11.8 Å². The molecule has 1 aromatic heterocycles. The van der Waals surface area contributed by atoms with Gasteiger partial charge in [-0.1, -0.05) is 6.92 Å². The maximum absolute atomic E-state index is 11.2. The maximum Gasteiger partial charge on any atom is 0.323 e. The van der Waals surface area contributed by atoms with Crippen molar-refractivity contribution >= 4 is 17.7 Å². The number of carbonyl (C=O) groups is 1. The van der Waals surface area contributed by atoms with Gasteiger partial charge in [-0.2, -0.15) is 0 Å². The highest BCUT2D eigenvalue weighted by atomic mass is 32.2. The zero-order valence-electron chi connectivity index (χ0n) is 10.7. The summed E-state index contributed by atoms with van der Waals surface area (Å²) in [6.45, 7) is 4.30. The van der Waals surface area contributed by atoms with Gasteiger partial charge in [0.15, 0.2) is 0 Å². The molecule has 6 heteroatoms. The summed E-state index contributed by atoms with van der Waals surface area (Å²) in [5.41, 5.74) is -0.832. The normalized spacial score (nSPS) is 14.1. The molecule has 0 aliphatic heterocycles. The van der Waals surface area contributed by atoms with Crippen molar-refractivity contribution in [2.75, 3.05) is 12.3 Å². The number of carboxylic acids is 1. The molecule has 0 amide bonds. The van der Waals surface area contributed by atoms with Crippen LogP contribution in [-0.2, 0) is 4.79 Å². The highest BCUT2D eigenvalue weighted by Gasteiger charge is 2.30. The largest absolute Gasteiger partial charge is 0.480 e. The van der Waals surface area contributed by atoms with Crippen molar-refractivity contribution in [3.05, 3.63) is 18.6 Å². The quantitative estimate of drug-likeness (QED) is 0.426. The summed E-state index contributed by atoms with van der Waals surface area (Å²) < 4.78 is 0. The molecule has 0 aliphatic rings.